The lowest BCUT2D eigenvalue weighted by Gasteiger charge is -2.08. The second-order valence-electron chi connectivity index (χ2n) is 3.92. The van der Waals surface area contributed by atoms with E-state index in [0.717, 1.165) is 17.1 Å². The molecule has 1 aromatic heterocycles. The largest absolute Gasteiger partial charge is 0.452 e. The minimum atomic E-state index is 0.493. The minimum Gasteiger partial charge on any atom is -0.452 e. The lowest BCUT2D eigenvalue weighted by Crippen LogP contribution is -1.93. The number of benzene rings is 1. The van der Waals surface area contributed by atoms with Gasteiger partial charge in [0.1, 0.15) is 11.4 Å². The van der Waals surface area contributed by atoms with Crippen molar-refractivity contribution < 1.29 is 4.74 Å². The molecule has 0 unspecified atom stereocenters. The molecule has 2 rings (SSSR count). The van der Waals surface area contributed by atoms with Crippen LogP contribution in [-0.2, 0) is 7.05 Å². The van der Waals surface area contributed by atoms with Gasteiger partial charge in [-0.3, -0.25) is 4.68 Å². The Labute approximate surface area is 105 Å². The van der Waals surface area contributed by atoms with E-state index in [1.807, 2.05) is 20.9 Å². The predicted octanol–water partition coefficient (Wildman–Crippen LogP) is 3.06. The molecular formula is C12H14ClN3O. The molecule has 17 heavy (non-hydrogen) atoms. The molecule has 2 aromatic rings. The monoisotopic (exact) mass is 251 g/mol. The van der Waals surface area contributed by atoms with Crippen molar-refractivity contribution in [3.8, 4) is 11.5 Å². The third kappa shape index (κ3) is 2.22. The first kappa shape index (κ1) is 11.8. The van der Waals surface area contributed by atoms with Gasteiger partial charge in [-0.25, -0.2) is 0 Å². The number of nitrogens with two attached hydrogens (primary N) is 1. The molecule has 0 aliphatic heterocycles. The van der Waals surface area contributed by atoms with E-state index in [1.165, 1.54) is 0 Å². The van der Waals surface area contributed by atoms with Crippen molar-refractivity contribution in [2.24, 2.45) is 7.05 Å². The van der Waals surface area contributed by atoms with Crippen molar-refractivity contribution in [3.63, 3.8) is 0 Å². The zero-order chi connectivity index (χ0) is 12.6. The molecule has 0 aliphatic carbocycles. The Bertz CT molecular complexity index is 563. The highest BCUT2D eigenvalue weighted by Gasteiger charge is 2.13. The summed E-state index contributed by atoms with van der Waals surface area (Å²) in [4.78, 5) is 0. The van der Waals surface area contributed by atoms with Crippen molar-refractivity contribution in [1.29, 1.82) is 0 Å². The first-order valence-electron chi connectivity index (χ1n) is 5.22. The molecule has 0 saturated carbocycles. The van der Waals surface area contributed by atoms with Gasteiger partial charge in [-0.15, -0.1) is 0 Å². The molecule has 4 nitrogen and oxygen atoms in total. The fourth-order valence-electron chi connectivity index (χ4n) is 1.61. The molecule has 0 amide bonds. The molecule has 0 bridgehead atoms. The predicted molar refractivity (Wildman–Crippen MR) is 68.6 cm³/mol. The molecule has 0 fully saturated rings. The number of anilines is 1. The van der Waals surface area contributed by atoms with E-state index < -0.39 is 0 Å². The molecule has 0 aliphatic rings. The highest BCUT2D eigenvalue weighted by Crippen LogP contribution is 2.33. The fraction of sp³-hybridized carbons (Fsp3) is 0.250. The Hall–Kier alpha value is -1.68. The minimum absolute atomic E-state index is 0.493. The average Bonchev–Trinajstić information content (AvgIpc) is 2.48. The molecule has 90 valence electrons. The Morgan fingerprint density at radius 1 is 1.35 bits per heavy atom. The smallest absolute Gasteiger partial charge is 0.171 e. The summed E-state index contributed by atoms with van der Waals surface area (Å²) >= 11 is 6.06. The Balaban J connectivity index is 2.38. The topological polar surface area (TPSA) is 53.1 Å². The summed E-state index contributed by atoms with van der Waals surface area (Å²) in [6.45, 7) is 3.84. The number of halogens is 1. The second kappa shape index (κ2) is 4.30. The lowest BCUT2D eigenvalue weighted by atomic mass is 10.3. The second-order valence-corrected chi connectivity index (χ2v) is 4.32. The maximum absolute atomic E-state index is 6.06. The van der Waals surface area contributed by atoms with Gasteiger partial charge in [0.15, 0.2) is 5.75 Å². The first-order valence-corrected chi connectivity index (χ1v) is 5.60. The Morgan fingerprint density at radius 3 is 2.59 bits per heavy atom. The SMILES string of the molecule is Cc1nn(C)c(C)c1Oc1ccc(N)cc1Cl. The van der Waals surface area contributed by atoms with Crippen LogP contribution in [0.25, 0.3) is 0 Å². The van der Waals surface area contributed by atoms with E-state index in [-0.39, 0.29) is 0 Å². The van der Waals surface area contributed by atoms with Crippen molar-refractivity contribution >= 4 is 17.3 Å². The molecule has 1 heterocycles. The van der Waals surface area contributed by atoms with Crippen LogP contribution in [-0.4, -0.2) is 9.78 Å². The number of nitrogen functional groups attached to an aromatic ring is 1. The number of rotatable bonds is 2. The number of nitrogens with zero attached hydrogens (tertiary/aromatic N) is 2. The normalized spacial score (nSPS) is 10.6. The third-order valence-electron chi connectivity index (χ3n) is 2.61. The van der Waals surface area contributed by atoms with Crippen molar-refractivity contribution in [1.82, 2.24) is 9.78 Å². The summed E-state index contributed by atoms with van der Waals surface area (Å²) < 4.78 is 7.55. The quantitative estimate of drug-likeness (QED) is 0.835. The maximum Gasteiger partial charge on any atom is 0.171 e. The van der Waals surface area contributed by atoms with E-state index >= 15 is 0 Å². The fourth-order valence-corrected chi connectivity index (χ4v) is 1.84. The molecule has 0 spiro atoms. The zero-order valence-electron chi connectivity index (χ0n) is 9.99. The van der Waals surface area contributed by atoms with Crippen LogP contribution in [0.1, 0.15) is 11.4 Å². The zero-order valence-corrected chi connectivity index (χ0v) is 10.7. The summed E-state index contributed by atoms with van der Waals surface area (Å²) in [5, 5.41) is 4.77. The number of aromatic nitrogens is 2. The molecule has 0 radical (unpaired) electrons. The van der Waals surface area contributed by atoms with Crippen molar-refractivity contribution in [2.75, 3.05) is 5.73 Å². The standard InChI is InChI=1S/C12H14ClN3O/c1-7-12(8(2)16(3)15-7)17-11-5-4-9(14)6-10(11)13/h4-6H,14H2,1-3H3. The van der Waals surface area contributed by atoms with Gasteiger partial charge in [-0.05, 0) is 32.0 Å². The van der Waals surface area contributed by atoms with E-state index in [0.29, 0.717) is 16.5 Å². The van der Waals surface area contributed by atoms with E-state index in [9.17, 15) is 0 Å². The Morgan fingerprint density at radius 2 is 2.06 bits per heavy atom. The lowest BCUT2D eigenvalue weighted by molar-refractivity contribution is 0.474. The summed E-state index contributed by atoms with van der Waals surface area (Å²) in [6.07, 6.45) is 0. The molecular weight excluding hydrogens is 238 g/mol. The van der Waals surface area contributed by atoms with Crippen molar-refractivity contribution in [3.05, 3.63) is 34.6 Å². The Kier molecular flexibility index (Phi) is 2.98. The van der Waals surface area contributed by atoms with Gasteiger partial charge in [-0.2, -0.15) is 5.10 Å². The number of hydrogen-bond acceptors (Lipinski definition) is 3. The summed E-state index contributed by atoms with van der Waals surface area (Å²) in [5.41, 5.74) is 8.03. The van der Waals surface area contributed by atoms with Gasteiger partial charge in [-0.1, -0.05) is 11.6 Å². The number of ether oxygens (including phenoxy) is 1. The van der Waals surface area contributed by atoms with Gasteiger partial charge in [0, 0.05) is 12.7 Å². The van der Waals surface area contributed by atoms with E-state index in [2.05, 4.69) is 5.10 Å². The molecule has 0 atom stereocenters. The molecule has 0 saturated heterocycles. The van der Waals surface area contributed by atoms with E-state index in [4.69, 9.17) is 22.1 Å². The van der Waals surface area contributed by atoms with Gasteiger partial charge in [0.05, 0.1) is 10.7 Å². The highest BCUT2D eigenvalue weighted by atomic mass is 35.5. The molecule has 2 N–H and O–H groups in total. The average molecular weight is 252 g/mol. The van der Waals surface area contributed by atoms with E-state index in [1.54, 1.807) is 22.9 Å². The maximum atomic E-state index is 6.06. The van der Waals surface area contributed by atoms with Gasteiger partial charge in [0.25, 0.3) is 0 Å². The van der Waals surface area contributed by atoms with Crippen LogP contribution in [0.4, 0.5) is 5.69 Å². The summed E-state index contributed by atoms with van der Waals surface area (Å²) in [5.74, 6) is 1.32. The van der Waals surface area contributed by atoms with Gasteiger partial charge in [0.2, 0.25) is 0 Å². The van der Waals surface area contributed by atoms with Crippen LogP contribution in [0, 0.1) is 13.8 Å². The number of aryl methyl sites for hydroxylation is 2. The van der Waals surface area contributed by atoms with Crippen LogP contribution in [0.5, 0.6) is 11.5 Å². The summed E-state index contributed by atoms with van der Waals surface area (Å²) in [7, 11) is 1.87. The first-order chi connectivity index (χ1) is 7.99. The van der Waals surface area contributed by atoms with Crippen LogP contribution < -0.4 is 10.5 Å². The van der Waals surface area contributed by atoms with Gasteiger partial charge < -0.3 is 10.5 Å². The van der Waals surface area contributed by atoms with Gasteiger partial charge >= 0.3 is 0 Å². The van der Waals surface area contributed by atoms with Crippen LogP contribution >= 0.6 is 11.6 Å². The van der Waals surface area contributed by atoms with Crippen LogP contribution in [0.15, 0.2) is 18.2 Å². The van der Waals surface area contributed by atoms with Crippen LogP contribution in [0.2, 0.25) is 5.02 Å². The summed E-state index contributed by atoms with van der Waals surface area (Å²) in [6, 6.07) is 5.17. The van der Waals surface area contributed by atoms with Crippen molar-refractivity contribution in [2.45, 2.75) is 13.8 Å². The highest BCUT2D eigenvalue weighted by molar-refractivity contribution is 6.32. The molecule has 5 heteroatoms. The third-order valence-corrected chi connectivity index (χ3v) is 2.91. The molecule has 1 aromatic carbocycles. The number of hydrogen-bond donors (Lipinski definition) is 1. The van der Waals surface area contributed by atoms with Crippen LogP contribution in [0.3, 0.4) is 0 Å².